The van der Waals surface area contributed by atoms with Crippen molar-refractivity contribution in [3.63, 3.8) is 0 Å². The Kier molecular flexibility index (Phi) is 13.9. The van der Waals surface area contributed by atoms with Gasteiger partial charge in [0.25, 0.3) is 5.91 Å². The standard InChI is InChI=1S/C59H65N9O6S/c1-36-40(41-23-25-50(61-53(41)57(72)74-59(2,3)4)68-30-28-38-11-8-13-42(45(38)35-68)55(70)63-58-60-46-15-6-7-18-49(46)75-58)12-10-17-48(36)73-39-21-19-37(20-22-39)27-29-66-31-33-67(34-32-66)47-16-9-14-43-52(64-65(5)54(43)47)44-24-26-51(69)62-56(44)71/h6-18,23,25,37,39,44H,19-22,24,26-35H2,1-5H3,(H,60,63,70)(H,62,69,71). The number of piperidine rings is 1. The molecule has 11 rings (SSSR count). The fourth-order valence-corrected chi connectivity index (χ4v) is 12.4. The normalized spacial score (nSPS) is 19.5. The number of benzene rings is 4. The predicted octanol–water partition coefficient (Wildman–Crippen LogP) is 9.99. The van der Waals surface area contributed by atoms with Crippen molar-refractivity contribution < 1.29 is 28.7 Å². The van der Waals surface area contributed by atoms with Gasteiger partial charge in [0, 0.05) is 69.3 Å². The maximum absolute atomic E-state index is 14.1. The molecule has 6 heterocycles. The molecule has 3 aliphatic heterocycles. The molecule has 4 aliphatic rings. The first-order valence-electron chi connectivity index (χ1n) is 26.5. The van der Waals surface area contributed by atoms with Gasteiger partial charge in [0.15, 0.2) is 10.8 Å². The molecule has 3 amide bonds. The third-order valence-electron chi connectivity index (χ3n) is 15.5. The van der Waals surface area contributed by atoms with Crippen molar-refractivity contribution in [2.24, 2.45) is 13.0 Å². The number of carbonyl (C=O) groups is 4. The van der Waals surface area contributed by atoms with E-state index in [4.69, 9.17) is 19.6 Å². The van der Waals surface area contributed by atoms with Gasteiger partial charge in [-0.2, -0.15) is 5.10 Å². The topological polar surface area (TPSA) is 164 Å². The number of piperazine rings is 1. The van der Waals surface area contributed by atoms with Gasteiger partial charge in [0.1, 0.15) is 17.2 Å². The van der Waals surface area contributed by atoms with Crippen molar-refractivity contribution >= 4 is 72.8 Å². The molecule has 4 aromatic carbocycles. The summed E-state index contributed by atoms with van der Waals surface area (Å²) in [6.45, 7) is 13.6. The van der Waals surface area contributed by atoms with E-state index in [2.05, 4.69) is 55.4 Å². The van der Waals surface area contributed by atoms with Crippen LogP contribution in [0.2, 0.25) is 0 Å². The van der Waals surface area contributed by atoms with Gasteiger partial charge >= 0.3 is 5.97 Å². The van der Waals surface area contributed by atoms with Gasteiger partial charge in [-0.25, -0.2) is 14.8 Å². The Bertz CT molecular complexity index is 3290. The zero-order valence-electron chi connectivity index (χ0n) is 43.5. The average Bonchev–Trinajstić information content (AvgIpc) is 3.98. The van der Waals surface area contributed by atoms with Gasteiger partial charge in [-0.15, -0.1) is 0 Å². The minimum absolute atomic E-state index is 0.102. The van der Waals surface area contributed by atoms with Crippen LogP contribution < -0.4 is 25.2 Å². The smallest absolute Gasteiger partial charge is 0.358 e. The number of ether oxygens (including phenoxy) is 2. The van der Waals surface area contributed by atoms with Crippen LogP contribution in [-0.4, -0.2) is 99.3 Å². The highest BCUT2D eigenvalue weighted by atomic mass is 32.1. The summed E-state index contributed by atoms with van der Waals surface area (Å²) in [5.74, 6) is 0.488. The third kappa shape index (κ3) is 10.6. The van der Waals surface area contributed by atoms with Crippen molar-refractivity contribution in [3.05, 3.63) is 125 Å². The molecule has 1 unspecified atom stereocenters. The number of imide groups is 1. The number of amides is 3. The second-order valence-electron chi connectivity index (χ2n) is 21.6. The Morgan fingerprint density at radius 3 is 2.39 bits per heavy atom. The Balaban J connectivity index is 0.717. The number of thiazole rings is 1. The van der Waals surface area contributed by atoms with E-state index in [1.54, 1.807) is 0 Å². The number of hydrogen-bond acceptors (Lipinski definition) is 13. The molecule has 1 aliphatic carbocycles. The average molecular weight is 1030 g/mol. The molecule has 16 heteroatoms. The van der Waals surface area contributed by atoms with E-state index in [1.165, 1.54) is 11.3 Å². The van der Waals surface area contributed by atoms with Gasteiger partial charge in [0.2, 0.25) is 11.8 Å². The quantitative estimate of drug-likeness (QED) is 0.0881. The lowest BCUT2D eigenvalue weighted by atomic mass is 9.85. The molecule has 1 atom stereocenters. The second-order valence-corrected chi connectivity index (χ2v) is 22.6. The summed E-state index contributed by atoms with van der Waals surface area (Å²) in [7, 11) is 1.94. The summed E-state index contributed by atoms with van der Waals surface area (Å²) in [4.78, 5) is 69.4. The number of para-hydroxylation sites is 2. The first-order chi connectivity index (χ1) is 36.2. The molecule has 0 bridgehead atoms. The van der Waals surface area contributed by atoms with Gasteiger partial charge in [0.05, 0.1) is 39.1 Å². The molecule has 7 aromatic rings. The van der Waals surface area contributed by atoms with Crippen LogP contribution in [0.15, 0.2) is 91.0 Å². The van der Waals surface area contributed by atoms with E-state index in [0.717, 1.165) is 125 Å². The number of carbonyl (C=O) groups excluding carboxylic acids is 4. The summed E-state index contributed by atoms with van der Waals surface area (Å²) < 4.78 is 15.7. The molecule has 2 saturated heterocycles. The summed E-state index contributed by atoms with van der Waals surface area (Å²) in [6.07, 6.45) is 6.99. The summed E-state index contributed by atoms with van der Waals surface area (Å²) in [6, 6.07) is 30.0. The molecule has 2 N–H and O–H groups in total. The Morgan fingerprint density at radius 1 is 0.813 bits per heavy atom. The first-order valence-corrected chi connectivity index (χ1v) is 27.3. The monoisotopic (exact) mass is 1030 g/mol. The molecule has 3 fully saturated rings. The molecule has 15 nitrogen and oxygen atoms in total. The van der Waals surface area contributed by atoms with Crippen molar-refractivity contribution in [2.75, 3.05) is 54.4 Å². The van der Waals surface area contributed by atoms with Gasteiger partial charge < -0.3 is 19.3 Å². The number of hydrogen-bond donors (Lipinski definition) is 2. The van der Waals surface area contributed by atoms with E-state index in [0.29, 0.717) is 60.3 Å². The molecule has 0 spiro atoms. The van der Waals surface area contributed by atoms with E-state index >= 15 is 0 Å². The zero-order valence-corrected chi connectivity index (χ0v) is 44.3. The molecule has 388 valence electrons. The Morgan fingerprint density at radius 2 is 1.60 bits per heavy atom. The molecular weight excluding hydrogens is 963 g/mol. The van der Waals surface area contributed by atoms with E-state index < -0.39 is 17.5 Å². The van der Waals surface area contributed by atoms with Crippen molar-refractivity contribution in [3.8, 4) is 16.9 Å². The number of nitrogens with one attached hydrogen (secondary N) is 2. The molecule has 0 radical (unpaired) electrons. The zero-order chi connectivity index (χ0) is 52.0. The van der Waals surface area contributed by atoms with Crippen molar-refractivity contribution in [2.45, 2.75) is 103 Å². The van der Waals surface area contributed by atoms with Gasteiger partial charge in [-0.05, 0) is 150 Å². The number of fused-ring (bicyclic) bond motifs is 3. The largest absolute Gasteiger partial charge is 0.490 e. The van der Waals surface area contributed by atoms with E-state index in [-0.39, 0.29) is 29.5 Å². The van der Waals surface area contributed by atoms with Crippen molar-refractivity contribution in [1.29, 1.82) is 0 Å². The maximum Gasteiger partial charge on any atom is 0.358 e. The van der Waals surface area contributed by atoms with E-state index in [9.17, 15) is 19.2 Å². The minimum Gasteiger partial charge on any atom is -0.490 e. The fraction of sp³-hybridized carbons (Fsp3) is 0.407. The van der Waals surface area contributed by atoms with Crippen LogP contribution >= 0.6 is 11.3 Å². The first kappa shape index (κ1) is 50.0. The fourth-order valence-electron chi connectivity index (χ4n) is 11.5. The Labute approximate surface area is 441 Å². The lowest BCUT2D eigenvalue weighted by molar-refractivity contribution is -0.134. The van der Waals surface area contributed by atoms with Crippen LogP contribution in [0.5, 0.6) is 5.75 Å². The summed E-state index contributed by atoms with van der Waals surface area (Å²) in [5, 5.41) is 11.9. The highest BCUT2D eigenvalue weighted by Gasteiger charge is 2.34. The summed E-state index contributed by atoms with van der Waals surface area (Å²) >= 11 is 1.45. The van der Waals surface area contributed by atoms with Crippen LogP contribution in [0.25, 0.3) is 32.2 Å². The van der Waals surface area contributed by atoms with Crippen LogP contribution in [0.4, 0.5) is 16.6 Å². The number of nitrogens with zero attached hydrogens (tertiary/aromatic N) is 7. The summed E-state index contributed by atoms with van der Waals surface area (Å²) in [5.41, 5.74) is 8.40. The van der Waals surface area contributed by atoms with Crippen LogP contribution in [-0.2, 0) is 34.3 Å². The number of rotatable bonds is 12. The lowest BCUT2D eigenvalue weighted by Crippen LogP contribution is -2.47. The number of aryl methyl sites for hydroxylation is 1. The minimum atomic E-state index is -0.736. The van der Waals surface area contributed by atoms with Crippen LogP contribution in [0.1, 0.15) is 115 Å². The number of esters is 1. The highest BCUT2D eigenvalue weighted by Crippen LogP contribution is 2.39. The number of anilines is 3. The van der Waals surface area contributed by atoms with Crippen molar-refractivity contribution in [1.82, 2.24) is 30.0 Å². The molecule has 3 aromatic heterocycles. The van der Waals surface area contributed by atoms with Crippen LogP contribution in [0, 0.1) is 12.8 Å². The molecular formula is C59H65N9O6S. The third-order valence-corrected chi connectivity index (χ3v) is 16.5. The Hall–Kier alpha value is -7.17. The predicted molar refractivity (Wildman–Crippen MR) is 294 cm³/mol. The maximum atomic E-state index is 14.1. The molecule has 1 saturated carbocycles. The van der Waals surface area contributed by atoms with E-state index in [1.807, 2.05) is 105 Å². The second kappa shape index (κ2) is 20.9. The number of aromatic nitrogens is 4. The SMILES string of the molecule is Cc1c(OC2CCC(CCN3CCN(c4cccc5c(C6CCC(=O)NC6=O)nn(C)c45)CC3)CC2)cccc1-c1ccc(N2CCc3cccc(C(=O)Nc4nc5ccccc5s4)c3C2)nc1C(=O)OC(C)(C)C. The molecule has 75 heavy (non-hydrogen) atoms. The number of pyridine rings is 1. The van der Waals surface area contributed by atoms with Gasteiger partial charge in [-0.3, -0.25) is 34.6 Å². The lowest BCUT2D eigenvalue weighted by Gasteiger charge is -2.37. The highest BCUT2D eigenvalue weighted by molar-refractivity contribution is 7.22. The van der Waals surface area contributed by atoms with Crippen LogP contribution in [0.3, 0.4) is 0 Å². The van der Waals surface area contributed by atoms with Gasteiger partial charge in [-0.1, -0.05) is 59.9 Å².